The Morgan fingerprint density at radius 1 is 1.23 bits per heavy atom. The van der Waals surface area contributed by atoms with E-state index in [-0.39, 0.29) is 22.8 Å². The van der Waals surface area contributed by atoms with Gasteiger partial charge in [0.2, 0.25) is 15.9 Å². The molecule has 8 heteroatoms. The fourth-order valence-corrected chi connectivity index (χ4v) is 4.07. The minimum atomic E-state index is -3.64. The van der Waals surface area contributed by atoms with Crippen LogP contribution in [0.5, 0.6) is 5.75 Å². The van der Waals surface area contributed by atoms with Crippen LogP contribution in [0.1, 0.15) is 34.1 Å². The van der Waals surface area contributed by atoms with E-state index < -0.39 is 10.0 Å². The number of nitrogens with one attached hydrogen (secondary N) is 1. The lowest BCUT2D eigenvalue weighted by Gasteiger charge is -2.26. The van der Waals surface area contributed by atoms with Gasteiger partial charge in [-0.05, 0) is 38.0 Å². The molecule has 1 aromatic rings. The molecular weight excluding hydrogens is 356 g/mol. The summed E-state index contributed by atoms with van der Waals surface area (Å²) in [6, 6.07) is 4.58. The Hall–Kier alpha value is -1.64. The van der Waals surface area contributed by atoms with Gasteiger partial charge in [-0.2, -0.15) is 4.31 Å². The second-order valence-corrected chi connectivity index (χ2v) is 8.93. The van der Waals surface area contributed by atoms with Crippen LogP contribution in [0.4, 0.5) is 5.69 Å². The van der Waals surface area contributed by atoms with Gasteiger partial charge in [0.25, 0.3) is 0 Å². The molecule has 0 aliphatic carbocycles. The van der Waals surface area contributed by atoms with E-state index in [4.69, 9.17) is 9.47 Å². The predicted molar refractivity (Wildman–Crippen MR) is 99.9 cm³/mol. The molecule has 1 aliphatic heterocycles. The van der Waals surface area contributed by atoms with Crippen molar-refractivity contribution in [2.24, 2.45) is 5.92 Å². The van der Waals surface area contributed by atoms with Gasteiger partial charge in [0.15, 0.2) is 0 Å². The fourth-order valence-electron chi connectivity index (χ4n) is 2.63. The van der Waals surface area contributed by atoms with Gasteiger partial charge in [-0.25, -0.2) is 8.42 Å². The Labute approximate surface area is 155 Å². The molecule has 146 valence electrons. The minimum Gasteiger partial charge on any atom is -0.489 e. The molecule has 1 aliphatic rings. The van der Waals surface area contributed by atoms with E-state index >= 15 is 0 Å². The Balaban J connectivity index is 2.33. The fraction of sp³-hybridized carbons (Fsp3) is 0.611. The van der Waals surface area contributed by atoms with E-state index in [2.05, 4.69) is 5.32 Å². The summed E-state index contributed by atoms with van der Waals surface area (Å²) in [6.45, 7) is 9.05. The molecule has 2 rings (SSSR count). The van der Waals surface area contributed by atoms with Crippen LogP contribution in [0.2, 0.25) is 0 Å². The van der Waals surface area contributed by atoms with Crippen LogP contribution in [0.25, 0.3) is 0 Å². The molecule has 0 saturated carbocycles. The summed E-state index contributed by atoms with van der Waals surface area (Å²) in [5, 5.41) is 2.79. The SMILES string of the molecule is CC(C)CC(=O)Nc1cc(S(=O)(=O)N2CCOCC2)ccc1OC(C)C. The maximum Gasteiger partial charge on any atom is 0.243 e. The Kier molecular flexibility index (Phi) is 7.02. The quantitative estimate of drug-likeness (QED) is 0.781. The number of nitrogens with zero attached hydrogens (tertiary/aromatic N) is 1. The van der Waals surface area contributed by atoms with Crippen LogP contribution >= 0.6 is 0 Å². The lowest BCUT2D eigenvalue weighted by atomic mass is 10.1. The highest BCUT2D eigenvalue weighted by atomic mass is 32.2. The molecule has 7 nitrogen and oxygen atoms in total. The topological polar surface area (TPSA) is 84.9 Å². The van der Waals surface area contributed by atoms with Crippen molar-refractivity contribution in [3.8, 4) is 5.75 Å². The standard InChI is InChI=1S/C18H28N2O5S/c1-13(2)11-18(21)19-16-12-15(5-6-17(16)25-14(3)4)26(22,23)20-7-9-24-10-8-20/h5-6,12-14H,7-11H2,1-4H3,(H,19,21). The Bertz CT molecular complexity index is 725. The van der Waals surface area contributed by atoms with Gasteiger partial charge in [-0.15, -0.1) is 0 Å². The number of hydrogen-bond donors (Lipinski definition) is 1. The summed E-state index contributed by atoms with van der Waals surface area (Å²) >= 11 is 0. The molecule has 1 heterocycles. The highest BCUT2D eigenvalue weighted by Crippen LogP contribution is 2.30. The van der Waals surface area contributed by atoms with E-state index in [1.165, 1.54) is 16.4 Å². The third-order valence-electron chi connectivity index (χ3n) is 3.79. The van der Waals surface area contributed by atoms with Gasteiger partial charge in [-0.3, -0.25) is 4.79 Å². The van der Waals surface area contributed by atoms with Crippen LogP contribution in [-0.4, -0.2) is 51.0 Å². The average Bonchev–Trinajstić information content (AvgIpc) is 2.56. The first-order chi connectivity index (χ1) is 12.2. The Morgan fingerprint density at radius 2 is 1.88 bits per heavy atom. The molecule has 0 spiro atoms. The molecule has 1 fully saturated rings. The van der Waals surface area contributed by atoms with Crippen LogP contribution in [0, 0.1) is 5.92 Å². The van der Waals surface area contributed by atoms with Gasteiger partial charge in [-0.1, -0.05) is 13.8 Å². The number of benzene rings is 1. The monoisotopic (exact) mass is 384 g/mol. The van der Waals surface area contributed by atoms with E-state index in [0.29, 0.717) is 44.2 Å². The van der Waals surface area contributed by atoms with Crippen molar-refractivity contribution in [3.63, 3.8) is 0 Å². The largest absolute Gasteiger partial charge is 0.489 e. The summed E-state index contributed by atoms with van der Waals surface area (Å²) in [5.41, 5.74) is 0.374. The van der Waals surface area contributed by atoms with Crippen LogP contribution in [0.15, 0.2) is 23.1 Å². The van der Waals surface area contributed by atoms with Gasteiger partial charge in [0, 0.05) is 19.5 Å². The van der Waals surface area contributed by atoms with Crippen LogP contribution < -0.4 is 10.1 Å². The molecule has 1 amide bonds. The average molecular weight is 384 g/mol. The normalized spacial score (nSPS) is 16.1. The van der Waals surface area contributed by atoms with E-state index in [1.807, 2.05) is 27.7 Å². The number of carbonyl (C=O) groups excluding carboxylic acids is 1. The molecule has 0 atom stereocenters. The summed E-state index contributed by atoms with van der Waals surface area (Å²) in [4.78, 5) is 12.3. The predicted octanol–water partition coefficient (Wildman–Crippen LogP) is 2.48. The first-order valence-electron chi connectivity index (χ1n) is 8.88. The summed E-state index contributed by atoms with van der Waals surface area (Å²) in [6.07, 6.45) is 0.249. The molecule has 1 saturated heterocycles. The molecular formula is C18H28N2O5S. The molecule has 0 aromatic heterocycles. The van der Waals surface area contributed by atoms with Crippen molar-refractivity contribution in [2.75, 3.05) is 31.6 Å². The van der Waals surface area contributed by atoms with E-state index in [1.54, 1.807) is 6.07 Å². The maximum atomic E-state index is 12.9. The zero-order chi connectivity index (χ0) is 19.3. The van der Waals surface area contributed by atoms with Gasteiger partial charge in [0.1, 0.15) is 5.75 Å². The summed E-state index contributed by atoms with van der Waals surface area (Å²) < 4.78 is 38.0. The Morgan fingerprint density at radius 3 is 2.46 bits per heavy atom. The second kappa shape index (κ2) is 8.83. The van der Waals surface area contributed by atoms with Gasteiger partial charge >= 0.3 is 0 Å². The highest BCUT2D eigenvalue weighted by Gasteiger charge is 2.27. The first-order valence-corrected chi connectivity index (χ1v) is 10.3. The first kappa shape index (κ1) is 20.7. The van der Waals surface area contributed by atoms with E-state index in [9.17, 15) is 13.2 Å². The highest BCUT2D eigenvalue weighted by molar-refractivity contribution is 7.89. The number of carbonyl (C=O) groups is 1. The third kappa shape index (κ3) is 5.43. The van der Waals surface area contributed by atoms with Crippen molar-refractivity contribution in [3.05, 3.63) is 18.2 Å². The van der Waals surface area contributed by atoms with Crippen molar-refractivity contribution >= 4 is 21.6 Å². The number of morpholine rings is 1. The number of amides is 1. The van der Waals surface area contributed by atoms with Crippen molar-refractivity contribution < 1.29 is 22.7 Å². The molecule has 0 bridgehead atoms. The lowest BCUT2D eigenvalue weighted by Crippen LogP contribution is -2.40. The summed E-state index contributed by atoms with van der Waals surface area (Å²) in [7, 11) is -3.64. The number of rotatable bonds is 7. The molecule has 0 unspecified atom stereocenters. The maximum absolute atomic E-state index is 12.9. The molecule has 26 heavy (non-hydrogen) atoms. The van der Waals surface area contributed by atoms with Gasteiger partial charge in [0.05, 0.1) is 29.9 Å². The van der Waals surface area contributed by atoms with Crippen molar-refractivity contribution in [2.45, 2.75) is 45.1 Å². The number of sulfonamides is 1. The minimum absolute atomic E-state index is 0.0996. The third-order valence-corrected chi connectivity index (χ3v) is 5.68. The molecule has 0 radical (unpaired) electrons. The van der Waals surface area contributed by atoms with Crippen LogP contribution in [-0.2, 0) is 19.6 Å². The zero-order valence-corrected chi connectivity index (χ0v) is 16.6. The van der Waals surface area contributed by atoms with Gasteiger partial charge < -0.3 is 14.8 Å². The van der Waals surface area contributed by atoms with Crippen molar-refractivity contribution in [1.82, 2.24) is 4.31 Å². The number of ether oxygens (including phenoxy) is 2. The number of hydrogen-bond acceptors (Lipinski definition) is 5. The molecule has 1 N–H and O–H groups in total. The van der Waals surface area contributed by atoms with Crippen molar-refractivity contribution in [1.29, 1.82) is 0 Å². The molecule has 1 aromatic carbocycles. The number of anilines is 1. The second-order valence-electron chi connectivity index (χ2n) is 6.99. The lowest BCUT2D eigenvalue weighted by molar-refractivity contribution is -0.116. The zero-order valence-electron chi connectivity index (χ0n) is 15.8. The van der Waals surface area contributed by atoms with E-state index in [0.717, 1.165) is 0 Å². The van der Waals surface area contributed by atoms with Crippen LogP contribution in [0.3, 0.4) is 0 Å². The smallest absolute Gasteiger partial charge is 0.243 e. The summed E-state index contributed by atoms with van der Waals surface area (Å²) in [5.74, 6) is 0.484.